The second kappa shape index (κ2) is 3.30. The summed E-state index contributed by atoms with van der Waals surface area (Å²) in [5.41, 5.74) is 5.46. The van der Waals surface area contributed by atoms with Crippen LogP contribution in [0.4, 0.5) is 0 Å². The summed E-state index contributed by atoms with van der Waals surface area (Å²) in [6.07, 6.45) is 2.15. The standard InChI is InChI=1S/C9H14N4O2/c1-9(10,5-3-4-5)8-12-6(13-15-8)7(14)11-2/h5H,3-4,10H2,1-2H3,(H,11,14). The zero-order valence-corrected chi connectivity index (χ0v) is 8.78. The topological polar surface area (TPSA) is 94.0 Å². The number of aromatic nitrogens is 2. The lowest BCUT2D eigenvalue weighted by Crippen LogP contribution is -2.36. The smallest absolute Gasteiger partial charge is 0.292 e. The van der Waals surface area contributed by atoms with Crippen molar-refractivity contribution >= 4 is 5.91 Å². The summed E-state index contributed by atoms with van der Waals surface area (Å²) < 4.78 is 5.01. The van der Waals surface area contributed by atoms with Crippen molar-refractivity contribution in [1.29, 1.82) is 0 Å². The van der Waals surface area contributed by atoms with Gasteiger partial charge in [0.25, 0.3) is 11.7 Å². The summed E-state index contributed by atoms with van der Waals surface area (Å²) in [5.74, 6) is 0.389. The number of nitrogens with zero attached hydrogens (tertiary/aromatic N) is 2. The largest absolute Gasteiger partial charge is 0.352 e. The number of hydrogen-bond acceptors (Lipinski definition) is 5. The lowest BCUT2D eigenvalue weighted by atomic mass is 9.97. The van der Waals surface area contributed by atoms with E-state index >= 15 is 0 Å². The van der Waals surface area contributed by atoms with E-state index in [-0.39, 0.29) is 11.7 Å². The fraction of sp³-hybridized carbons (Fsp3) is 0.667. The second-order valence-corrected chi connectivity index (χ2v) is 4.06. The Bertz CT molecular complexity index is 381. The van der Waals surface area contributed by atoms with Crippen LogP contribution in [0.2, 0.25) is 0 Å². The first kappa shape index (κ1) is 10.1. The first-order valence-corrected chi connectivity index (χ1v) is 4.91. The lowest BCUT2D eigenvalue weighted by Gasteiger charge is -2.18. The van der Waals surface area contributed by atoms with Crippen LogP contribution in [0.3, 0.4) is 0 Å². The maximum atomic E-state index is 11.2. The summed E-state index contributed by atoms with van der Waals surface area (Å²) >= 11 is 0. The molecule has 1 atom stereocenters. The Labute approximate surface area is 87.2 Å². The number of nitrogens with one attached hydrogen (secondary N) is 1. The van der Waals surface area contributed by atoms with E-state index in [0.29, 0.717) is 11.8 Å². The molecule has 1 aromatic rings. The molecule has 0 radical (unpaired) electrons. The Hall–Kier alpha value is -1.43. The quantitative estimate of drug-likeness (QED) is 0.733. The average Bonchev–Trinajstić information content (AvgIpc) is 2.95. The Kier molecular flexibility index (Phi) is 2.22. The van der Waals surface area contributed by atoms with Gasteiger partial charge in [-0.15, -0.1) is 0 Å². The highest BCUT2D eigenvalue weighted by Crippen LogP contribution is 2.43. The molecule has 0 bridgehead atoms. The number of amides is 1. The van der Waals surface area contributed by atoms with Crippen LogP contribution in [-0.2, 0) is 5.54 Å². The molecular weight excluding hydrogens is 196 g/mol. The van der Waals surface area contributed by atoms with Crippen LogP contribution in [0.5, 0.6) is 0 Å². The molecule has 3 N–H and O–H groups in total. The number of rotatable bonds is 3. The molecule has 0 saturated heterocycles. The van der Waals surface area contributed by atoms with E-state index in [1.165, 1.54) is 7.05 Å². The average molecular weight is 210 g/mol. The van der Waals surface area contributed by atoms with Gasteiger partial charge in [-0.25, -0.2) is 0 Å². The number of nitrogens with two attached hydrogens (primary N) is 1. The highest BCUT2D eigenvalue weighted by molar-refractivity contribution is 5.89. The van der Waals surface area contributed by atoms with Crippen molar-refractivity contribution < 1.29 is 9.32 Å². The maximum absolute atomic E-state index is 11.2. The van der Waals surface area contributed by atoms with Gasteiger partial charge < -0.3 is 15.6 Å². The SMILES string of the molecule is CNC(=O)c1noc(C(C)(N)C2CC2)n1. The minimum atomic E-state index is -0.612. The van der Waals surface area contributed by atoms with Gasteiger partial charge >= 0.3 is 0 Å². The monoisotopic (exact) mass is 210 g/mol. The summed E-state index contributed by atoms with van der Waals surface area (Å²) in [6, 6.07) is 0. The molecule has 0 aliphatic heterocycles. The van der Waals surface area contributed by atoms with Crippen LogP contribution in [0, 0.1) is 5.92 Å². The highest BCUT2D eigenvalue weighted by Gasteiger charge is 2.44. The molecule has 6 heteroatoms. The van der Waals surface area contributed by atoms with E-state index < -0.39 is 5.54 Å². The van der Waals surface area contributed by atoms with Gasteiger partial charge in [0.05, 0.1) is 5.54 Å². The van der Waals surface area contributed by atoms with Crippen molar-refractivity contribution in [2.45, 2.75) is 25.3 Å². The molecule has 1 heterocycles. The first-order valence-electron chi connectivity index (χ1n) is 4.91. The van der Waals surface area contributed by atoms with Crippen LogP contribution in [0.1, 0.15) is 36.3 Å². The molecule has 15 heavy (non-hydrogen) atoms. The van der Waals surface area contributed by atoms with Crippen LogP contribution < -0.4 is 11.1 Å². The summed E-state index contributed by atoms with van der Waals surface area (Å²) in [7, 11) is 1.51. The number of carbonyl (C=O) groups is 1. The Morgan fingerprint density at radius 2 is 2.33 bits per heavy atom. The van der Waals surface area contributed by atoms with Crippen molar-refractivity contribution in [3.63, 3.8) is 0 Å². The zero-order chi connectivity index (χ0) is 11.1. The maximum Gasteiger partial charge on any atom is 0.292 e. The van der Waals surface area contributed by atoms with E-state index in [1.54, 1.807) is 0 Å². The van der Waals surface area contributed by atoms with Gasteiger partial charge in [0.15, 0.2) is 0 Å². The fourth-order valence-corrected chi connectivity index (χ4v) is 1.50. The summed E-state index contributed by atoms with van der Waals surface area (Å²) in [6.45, 7) is 1.85. The van der Waals surface area contributed by atoms with E-state index in [9.17, 15) is 4.79 Å². The van der Waals surface area contributed by atoms with Crippen molar-refractivity contribution in [3.8, 4) is 0 Å². The molecule has 1 aromatic heterocycles. The van der Waals surface area contributed by atoms with Gasteiger partial charge in [-0.3, -0.25) is 4.79 Å². The van der Waals surface area contributed by atoms with Crippen LogP contribution in [0.25, 0.3) is 0 Å². The number of hydrogen-bond donors (Lipinski definition) is 2. The third kappa shape index (κ3) is 1.72. The van der Waals surface area contributed by atoms with Gasteiger partial charge in [-0.1, -0.05) is 5.16 Å². The normalized spacial score (nSPS) is 19.7. The lowest BCUT2D eigenvalue weighted by molar-refractivity contribution is 0.0950. The third-order valence-electron chi connectivity index (χ3n) is 2.74. The van der Waals surface area contributed by atoms with E-state index in [2.05, 4.69) is 15.5 Å². The molecule has 1 fully saturated rings. The summed E-state index contributed by atoms with van der Waals surface area (Å²) in [4.78, 5) is 15.2. The van der Waals surface area contributed by atoms with E-state index in [1.807, 2.05) is 6.92 Å². The van der Waals surface area contributed by atoms with Gasteiger partial charge in [0, 0.05) is 7.05 Å². The molecule has 1 amide bonds. The molecule has 1 aliphatic rings. The highest BCUT2D eigenvalue weighted by atomic mass is 16.5. The Morgan fingerprint density at radius 3 is 2.87 bits per heavy atom. The number of carbonyl (C=O) groups excluding carboxylic acids is 1. The van der Waals surface area contributed by atoms with Gasteiger partial charge in [0.1, 0.15) is 0 Å². The van der Waals surface area contributed by atoms with Gasteiger partial charge in [-0.2, -0.15) is 4.98 Å². The minimum absolute atomic E-state index is 0.0322. The van der Waals surface area contributed by atoms with Gasteiger partial charge in [-0.05, 0) is 25.7 Å². The van der Waals surface area contributed by atoms with Crippen LogP contribution >= 0.6 is 0 Å². The second-order valence-electron chi connectivity index (χ2n) is 4.06. The van der Waals surface area contributed by atoms with E-state index in [0.717, 1.165) is 12.8 Å². The molecule has 1 aliphatic carbocycles. The summed E-state index contributed by atoms with van der Waals surface area (Å²) in [5, 5.41) is 6.01. The predicted molar refractivity (Wildman–Crippen MR) is 52.0 cm³/mol. The molecule has 1 saturated carbocycles. The van der Waals surface area contributed by atoms with Crippen LogP contribution in [-0.4, -0.2) is 23.1 Å². The molecule has 82 valence electrons. The molecule has 6 nitrogen and oxygen atoms in total. The van der Waals surface area contributed by atoms with Gasteiger partial charge in [0.2, 0.25) is 5.89 Å². The fourth-order valence-electron chi connectivity index (χ4n) is 1.50. The molecule has 1 unspecified atom stereocenters. The van der Waals surface area contributed by atoms with Crippen molar-refractivity contribution in [2.75, 3.05) is 7.05 Å². The third-order valence-corrected chi connectivity index (χ3v) is 2.74. The van der Waals surface area contributed by atoms with E-state index in [4.69, 9.17) is 10.3 Å². The minimum Gasteiger partial charge on any atom is -0.352 e. The first-order chi connectivity index (χ1) is 7.05. The van der Waals surface area contributed by atoms with Crippen molar-refractivity contribution in [1.82, 2.24) is 15.5 Å². The Balaban J connectivity index is 2.22. The Morgan fingerprint density at radius 1 is 1.67 bits per heavy atom. The van der Waals surface area contributed by atoms with Crippen molar-refractivity contribution in [2.24, 2.45) is 11.7 Å². The molecular formula is C9H14N4O2. The predicted octanol–water partition coefficient (Wildman–Crippen LogP) is 0.0131. The van der Waals surface area contributed by atoms with Crippen molar-refractivity contribution in [3.05, 3.63) is 11.7 Å². The molecule has 0 spiro atoms. The molecule has 0 aromatic carbocycles. The van der Waals surface area contributed by atoms with Crippen LogP contribution in [0.15, 0.2) is 4.52 Å². The molecule has 2 rings (SSSR count). The zero-order valence-electron chi connectivity index (χ0n) is 8.78.